The third kappa shape index (κ3) is 4.92. The van der Waals surface area contributed by atoms with Crippen molar-refractivity contribution >= 4 is 33.3 Å². The summed E-state index contributed by atoms with van der Waals surface area (Å²) in [4.78, 5) is 9.12. The molecule has 1 aliphatic heterocycles. The smallest absolute Gasteiger partial charge is 0.211 e. The summed E-state index contributed by atoms with van der Waals surface area (Å²) in [7, 11) is -3.19. The van der Waals surface area contributed by atoms with E-state index >= 15 is 0 Å². The highest BCUT2D eigenvalue weighted by molar-refractivity contribution is 7.88. The summed E-state index contributed by atoms with van der Waals surface area (Å²) in [6.45, 7) is 5.36. The number of hydrogen-bond donors (Lipinski definition) is 0. The molecule has 0 saturated carbocycles. The second kappa shape index (κ2) is 9.61. The first-order valence-electron chi connectivity index (χ1n) is 12.2. The fourth-order valence-electron chi connectivity index (χ4n) is 5.39. The Bertz CT molecular complexity index is 1420. The molecule has 3 aromatic rings. The van der Waals surface area contributed by atoms with Gasteiger partial charge in [-0.1, -0.05) is 35.9 Å². The molecule has 1 fully saturated rings. The Hall–Kier alpha value is -2.74. The van der Waals surface area contributed by atoms with Crippen LogP contribution in [0.5, 0.6) is 0 Å². The van der Waals surface area contributed by atoms with Crippen LogP contribution in [0.1, 0.15) is 55.0 Å². The van der Waals surface area contributed by atoms with Gasteiger partial charge >= 0.3 is 0 Å². The van der Waals surface area contributed by atoms with E-state index in [4.69, 9.17) is 16.6 Å². The molecule has 0 bridgehead atoms. The van der Waals surface area contributed by atoms with E-state index in [-0.39, 0.29) is 17.4 Å². The van der Waals surface area contributed by atoms with Crippen LogP contribution in [0.25, 0.3) is 11.6 Å². The number of piperidine rings is 1. The van der Waals surface area contributed by atoms with Gasteiger partial charge in [0.1, 0.15) is 0 Å². The molecule has 0 spiro atoms. The van der Waals surface area contributed by atoms with Gasteiger partial charge in [0.05, 0.1) is 23.8 Å². The van der Waals surface area contributed by atoms with Crippen molar-refractivity contribution in [1.29, 1.82) is 0 Å². The van der Waals surface area contributed by atoms with Gasteiger partial charge in [-0.3, -0.25) is 4.98 Å². The highest BCUT2D eigenvalue weighted by atomic mass is 35.5. The van der Waals surface area contributed by atoms with Crippen molar-refractivity contribution in [3.8, 4) is 0 Å². The van der Waals surface area contributed by atoms with Crippen molar-refractivity contribution < 1.29 is 8.42 Å². The van der Waals surface area contributed by atoms with Gasteiger partial charge in [-0.05, 0) is 73.6 Å². The van der Waals surface area contributed by atoms with E-state index in [1.54, 1.807) is 10.5 Å². The molecule has 1 aromatic carbocycles. The largest absolute Gasteiger partial charge is 0.328 e. The highest BCUT2D eigenvalue weighted by Crippen LogP contribution is 2.45. The lowest BCUT2D eigenvalue weighted by Crippen LogP contribution is -2.39. The number of rotatable bonds is 5. The number of halogens is 1. The zero-order chi connectivity index (χ0) is 25.5. The molecule has 36 heavy (non-hydrogen) atoms. The zero-order valence-corrected chi connectivity index (χ0v) is 22.4. The van der Waals surface area contributed by atoms with Gasteiger partial charge in [-0.2, -0.15) is 0 Å². The Morgan fingerprint density at radius 2 is 1.92 bits per heavy atom. The van der Waals surface area contributed by atoms with E-state index < -0.39 is 10.0 Å². The third-order valence-electron chi connectivity index (χ3n) is 7.42. The predicted molar refractivity (Wildman–Crippen MR) is 145 cm³/mol. The van der Waals surface area contributed by atoms with E-state index in [9.17, 15) is 8.42 Å². The Labute approximate surface area is 218 Å². The predicted octanol–water partition coefficient (Wildman–Crippen LogP) is 5.58. The van der Waals surface area contributed by atoms with Crippen LogP contribution in [-0.2, 0) is 15.6 Å². The van der Waals surface area contributed by atoms with Gasteiger partial charge in [0.25, 0.3) is 0 Å². The van der Waals surface area contributed by atoms with E-state index in [0.717, 1.165) is 35.2 Å². The maximum absolute atomic E-state index is 12.1. The summed E-state index contributed by atoms with van der Waals surface area (Å²) < 4.78 is 27.9. The Morgan fingerprint density at radius 1 is 1.14 bits per heavy atom. The van der Waals surface area contributed by atoms with Crippen LogP contribution in [0.4, 0.5) is 0 Å². The molecule has 1 saturated heterocycles. The van der Waals surface area contributed by atoms with Crippen molar-refractivity contribution in [2.24, 2.45) is 5.92 Å². The first-order valence-corrected chi connectivity index (χ1v) is 14.5. The number of fused-ring (bicyclic) bond motifs is 2. The lowest BCUT2D eigenvalue weighted by molar-refractivity contribution is 0.256. The van der Waals surface area contributed by atoms with Crippen LogP contribution in [0.15, 0.2) is 67.4 Å². The van der Waals surface area contributed by atoms with Crippen molar-refractivity contribution in [1.82, 2.24) is 18.8 Å². The maximum atomic E-state index is 12.1. The van der Waals surface area contributed by atoms with Gasteiger partial charge in [0.15, 0.2) is 0 Å². The molecule has 1 aliphatic carbocycles. The molecule has 188 valence electrons. The Morgan fingerprint density at radius 3 is 2.61 bits per heavy atom. The number of benzene rings is 1. The van der Waals surface area contributed by atoms with Crippen LogP contribution in [-0.4, -0.2) is 46.6 Å². The monoisotopic (exact) mass is 522 g/mol. The quantitative estimate of drug-likeness (QED) is 0.438. The van der Waals surface area contributed by atoms with Crippen molar-refractivity contribution in [3.05, 3.63) is 94.8 Å². The summed E-state index contributed by atoms with van der Waals surface area (Å²) in [5.74, 6) is 0.328. The van der Waals surface area contributed by atoms with Gasteiger partial charge in [0.2, 0.25) is 10.0 Å². The Kier molecular flexibility index (Phi) is 6.66. The fraction of sp³-hybridized carbons (Fsp3) is 0.357. The van der Waals surface area contributed by atoms with Crippen LogP contribution in [0.3, 0.4) is 0 Å². The molecule has 8 heteroatoms. The van der Waals surface area contributed by atoms with Gasteiger partial charge in [-0.15, -0.1) is 0 Å². The average molecular weight is 523 g/mol. The van der Waals surface area contributed by atoms with Crippen molar-refractivity contribution in [2.45, 2.75) is 38.1 Å². The van der Waals surface area contributed by atoms with Crippen LogP contribution in [0.2, 0.25) is 5.02 Å². The van der Waals surface area contributed by atoms with E-state index in [0.29, 0.717) is 18.1 Å². The average Bonchev–Trinajstić information content (AvgIpc) is 3.35. The maximum Gasteiger partial charge on any atom is 0.211 e. The molecule has 3 heterocycles. The third-order valence-corrected chi connectivity index (χ3v) is 8.96. The molecule has 6 nitrogen and oxygen atoms in total. The fourth-order valence-corrected chi connectivity index (χ4v) is 6.45. The normalized spacial score (nSPS) is 19.6. The van der Waals surface area contributed by atoms with Crippen LogP contribution in [0, 0.1) is 5.92 Å². The minimum atomic E-state index is -3.19. The van der Waals surface area contributed by atoms with E-state index in [1.807, 2.05) is 36.9 Å². The second-order valence-corrected chi connectivity index (χ2v) is 12.7. The number of hydrogen-bond acceptors (Lipinski definition) is 4. The molecule has 2 aliphatic rings. The lowest BCUT2D eigenvalue weighted by Gasteiger charge is -2.35. The summed E-state index contributed by atoms with van der Waals surface area (Å²) in [5, 5.41) is 0.691. The number of allylic oxidation sites excluding steroid dienone is 3. The Balaban J connectivity index is 1.59. The van der Waals surface area contributed by atoms with E-state index in [1.165, 1.54) is 11.8 Å². The number of sulfonamides is 1. The number of pyridine rings is 1. The van der Waals surface area contributed by atoms with Crippen molar-refractivity contribution in [2.75, 3.05) is 19.3 Å². The minimum Gasteiger partial charge on any atom is -0.328 e. The number of imidazole rings is 1. The minimum absolute atomic E-state index is 0.0546. The summed E-state index contributed by atoms with van der Waals surface area (Å²) in [6.07, 6.45) is 16.9. The van der Waals surface area contributed by atoms with Gasteiger partial charge in [-0.25, -0.2) is 17.7 Å². The molecule has 0 amide bonds. The van der Waals surface area contributed by atoms with Crippen molar-refractivity contribution in [3.63, 3.8) is 0 Å². The SMILES string of the molecule is CC(C)(C=CC1=Cc2cc(Cl)ccc2C(C2CCN(S(C)(=O)=O)CC2)c2ncccc21)n1ccnc1. The first kappa shape index (κ1) is 24.9. The molecular weight excluding hydrogens is 492 g/mol. The number of nitrogens with zero attached hydrogens (tertiary/aromatic N) is 4. The second-order valence-electron chi connectivity index (χ2n) is 10.2. The molecular formula is C28H31ClN4O2S. The first-order chi connectivity index (χ1) is 17.1. The summed E-state index contributed by atoms with van der Waals surface area (Å²) in [6, 6.07) is 10.2. The van der Waals surface area contributed by atoms with Crippen LogP contribution >= 0.6 is 11.6 Å². The van der Waals surface area contributed by atoms with E-state index in [2.05, 4.69) is 53.8 Å². The van der Waals surface area contributed by atoms with Gasteiger partial charge < -0.3 is 4.57 Å². The summed E-state index contributed by atoms with van der Waals surface area (Å²) >= 11 is 6.46. The highest BCUT2D eigenvalue weighted by Gasteiger charge is 2.35. The molecule has 0 N–H and O–H groups in total. The molecule has 5 rings (SSSR count). The molecule has 2 aromatic heterocycles. The number of aromatic nitrogens is 3. The topological polar surface area (TPSA) is 68.1 Å². The molecule has 1 unspecified atom stereocenters. The molecule has 0 radical (unpaired) electrons. The zero-order valence-electron chi connectivity index (χ0n) is 20.8. The van der Waals surface area contributed by atoms with Crippen LogP contribution < -0.4 is 0 Å². The molecule has 1 atom stereocenters. The lowest BCUT2D eigenvalue weighted by atomic mass is 9.76. The van der Waals surface area contributed by atoms with Gasteiger partial charge in [0, 0.05) is 48.2 Å². The summed E-state index contributed by atoms with van der Waals surface area (Å²) in [5.41, 5.74) is 5.21. The standard InChI is InChI=1S/C28H31ClN4O2S/c1-28(2,32-16-13-30-19-32)11-8-21-17-22-18-23(29)6-7-24(22)26(27-25(21)5-4-12-31-27)20-9-14-33(15-10-20)36(3,34)35/h4-8,11-13,16-20,26H,9-10,14-15H2,1-3H3.